The predicted octanol–water partition coefficient (Wildman–Crippen LogP) is 1.76. The van der Waals surface area contributed by atoms with Crippen LogP contribution < -0.4 is 0 Å². The summed E-state index contributed by atoms with van der Waals surface area (Å²) < 4.78 is 0. The van der Waals surface area contributed by atoms with Crippen LogP contribution in [-0.4, -0.2) is 17.5 Å². The molecule has 1 aromatic rings. The maximum absolute atomic E-state index is 11.0. The first-order valence-corrected chi connectivity index (χ1v) is 4.34. The van der Waals surface area contributed by atoms with Gasteiger partial charge < -0.3 is 0 Å². The Balaban J connectivity index is 2.67. The lowest BCUT2D eigenvalue weighted by atomic mass is 10.2. The lowest BCUT2D eigenvalue weighted by molar-refractivity contribution is -0.116. The maximum atomic E-state index is 11.0. The molecule has 1 amide bonds. The molecule has 0 bridgehead atoms. The number of aliphatic imine (C=N–C) groups is 1. The highest BCUT2D eigenvalue weighted by atomic mass is 35.5. The van der Waals surface area contributed by atoms with Crippen molar-refractivity contribution in [2.75, 3.05) is 0 Å². The van der Waals surface area contributed by atoms with Crippen LogP contribution in [0.3, 0.4) is 0 Å². The summed E-state index contributed by atoms with van der Waals surface area (Å²) in [6.45, 7) is 0. The monoisotopic (exact) mass is 206 g/mol. The molecule has 0 N–H and O–H groups in total. The fourth-order valence-corrected chi connectivity index (χ4v) is 0.854. The summed E-state index contributed by atoms with van der Waals surface area (Å²) in [5, 5.41) is 7.13. The average Bonchev–Trinajstić information content (AvgIpc) is 2.26. The number of benzene rings is 1. The van der Waals surface area contributed by atoms with Gasteiger partial charge in [0.15, 0.2) is 0 Å². The van der Waals surface area contributed by atoms with Crippen LogP contribution in [-0.2, 0) is 4.79 Å². The van der Waals surface area contributed by atoms with Gasteiger partial charge in [-0.05, 0) is 5.56 Å². The Kier molecular flexibility index (Phi) is 3.84. The Morgan fingerprint density at radius 3 is 2.71 bits per heavy atom. The van der Waals surface area contributed by atoms with E-state index >= 15 is 0 Å². The van der Waals surface area contributed by atoms with Gasteiger partial charge in [0.2, 0.25) is 5.38 Å². The van der Waals surface area contributed by atoms with Crippen LogP contribution in [0, 0.1) is 11.3 Å². The van der Waals surface area contributed by atoms with E-state index in [1.54, 1.807) is 18.2 Å². The molecule has 14 heavy (non-hydrogen) atoms. The van der Waals surface area contributed by atoms with Crippen LogP contribution in [0.4, 0.5) is 0 Å². The molecule has 0 aliphatic carbocycles. The third-order valence-corrected chi connectivity index (χ3v) is 1.75. The molecule has 0 aromatic heterocycles. The normalized spacial score (nSPS) is 12.3. The van der Waals surface area contributed by atoms with Crippen molar-refractivity contribution in [1.29, 1.82) is 5.26 Å². The molecule has 1 rings (SSSR count). The largest absolute Gasteiger partial charge is 0.278 e. The fraction of sp³-hybridized carbons (Fsp3) is 0.100. The van der Waals surface area contributed by atoms with Gasteiger partial charge in [-0.25, -0.2) is 4.99 Å². The number of carbonyl (C=O) groups excluding carboxylic acids is 1. The van der Waals surface area contributed by atoms with Gasteiger partial charge in [-0.15, -0.1) is 0 Å². The van der Waals surface area contributed by atoms with E-state index in [1.807, 2.05) is 18.2 Å². The zero-order valence-electron chi connectivity index (χ0n) is 7.22. The van der Waals surface area contributed by atoms with Crippen LogP contribution in [0.15, 0.2) is 35.3 Å². The molecule has 0 saturated carbocycles. The molecule has 0 radical (unpaired) electrons. The number of hydrogen-bond acceptors (Lipinski definition) is 2. The zero-order valence-corrected chi connectivity index (χ0v) is 7.98. The molecule has 4 heteroatoms. The summed E-state index contributed by atoms with van der Waals surface area (Å²) in [5.74, 6) is -0.641. The van der Waals surface area contributed by atoms with E-state index in [-0.39, 0.29) is 0 Å². The Morgan fingerprint density at radius 2 is 2.14 bits per heavy atom. The lowest BCUT2D eigenvalue weighted by Crippen LogP contribution is -2.08. The Labute approximate surface area is 86.6 Å². The summed E-state index contributed by atoms with van der Waals surface area (Å²) in [5.41, 5.74) is 0.794. The number of halogens is 1. The molecule has 1 unspecified atom stereocenters. The minimum Gasteiger partial charge on any atom is -0.270 e. The molecule has 70 valence electrons. The summed E-state index contributed by atoms with van der Waals surface area (Å²) in [6.07, 6.45) is 1.38. The molecule has 0 aliphatic heterocycles. The van der Waals surface area contributed by atoms with Gasteiger partial charge in [0, 0.05) is 6.21 Å². The van der Waals surface area contributed by atoms with Crippen LogP contribution in [0.1, 0.15) is 5.56 Å². The van der Waals surface area contributed by atoms with Crippen molar-refractivity contribution in [1.82, 2.24) is 0 Å². The summed E-state index contributed by atoms with van der Waals surface area (Å²) in [4.78, 5) is 14.5. The van der Waals surface area contributed by atoms with Gasteiger partial charge >= 0.3 is 0 Å². The van der Waals surface area contributed by atoms with Gasteiger partial charge in [0.25, 0.3) is 5.91 Å². The van der Waals surface area contributed by atoms with Crippen LogP contribution >= 0.6 is 11.6 Å². The van der Waals surface area contributed by atoms with Crippen molar-refractivity contribution in [3.63, 3.8) is 0 Å². The number of carbonyl (C=O) groups is 1. The number of nitrogens with zero attached hydrogens (tertiary/aromatic N) is 2. The quantitative estimate of drug-likeness (QED) is 0.547. The van der Waals surface area contributed by atoms with Gasteiger partial charge in [-0.3, -0.25) is 4.79 Å². The Morgan fingerprint density at radius 1 is 1.50 bits per heavy atom. The zero-order chi connectivity index (χ0) is 10.4. The number of alkyl halides is 1. The molecular formula is C10H7ClN2O. The molecular weight excluding hydrogens is 200 g/mol. The molecule has 0 heterocycles. The second kappa shape index (κ2) is 5.15. The van der Waals surface area contributed by atoms with E-state index in [1.165, 1.54) is 6.21 Å². The summed E-state index contributed by atoms with van der Waals surface area (Å²) in [7, 11) is 0. The summed E-state index contributed by atoms with van der Waals surface area (Å²) in [6, 6.07) is 10.7. The highest BCUT2D eigenvalue weighted by molar-refractivity contribution is 6.33. The number of nitriles is 1. The number of hydrogen-bond donors (Lipinski definition) is 0. The van der Waals surface area contributed by atoms with E-state index in [0.717, 1.165) is 5.56 Å². The molecule has 0 aliphatic rings. The van der Waals surface area contributed by atoms with E-state index in [9.17, 15) is 4.79 Å². The highest BCUT2D eigenvalue weighted by Gasteiger charge is 2.11. The van der Waals surface area contributed by atoms with Crippen molar-refractivity contribution in [3.05, 3.63) is 35.9 Å². The van der Waals surface area contributed by atoms with Crippen molar-refractivity contribution < 1.29 is 4.79 Å². The minimum atomic E-state index is -1.20. The van der Waals surface area contributed by atoms with E-state index in [4.69, 9.17) is 16.9 Å². The van der Waals surface area contributed by atoms with Crippen LogP contribution in [0.5, 0.6) is 0 Å². The van der Waals surface area contributed by atoms with Crippen LogP contribution in [0.2, 0.25) is 0 Å². The number of amides is 1. The molecule has 3 nitrogen and oxygen atoms in total. The Hall–Kier alpha value is -1.66. The molecule has 0 fully saturated rings. The smallest absolute Gasteiger partial charge is 0.270 e. The molecule has 1 aromatic carbocycles. The third kappa shape index (κ3) is 3.00. The van der Waals surface area contributed by atoms with Crippen molar-refractivity contribution in [2.24, 2.45) is 4.99 Å². The number of rotatable bonds is 2. The first-order valence-electron chi connectivity index (χ1n) is 3.90. The molecule has 1 atom stereocenters. The predicted molar refractivity (Wildman–Crippen MR) is 54.3 cm³/mol. The first kappa shape index (κ1) is 10.4. The fourth-order valence-electron chi connectivity index (χ4n) is 0.798. The van der Waals surface area contributed by atoms with Gasteiger partial charge in [0.05, 0.1) is 6.07 Å². The van der Waals surface area contributed by atoms with E-state index in [0.29, 0.717) is 0 Å². The SMILES string of the molecule is N#CC(Cl)C(=O)N=Cc1ccccc1. The average molecular weight is 207 g/mol. The van der Waals surface area contributed by atoms with Crippen LogP contribution in [0.25, 0.3) is 0 Å². The minimum absolute atomic E-state index is 0.641. The second-order valence-electron chi connectivity index (χ2n) is 2.50. The van der Waals surface area contributed by atoms with Gasteiger partial charge in [0.1, 0.15) is 0 Å². The second-order valence-corrected chi connectivity index (χ2v) is 2.94. The van der Waals surface area contributed by atoms with Gasteiger partial charge in [-0.1, -0.05) is 41.9 Å². The summed E-state index contributed by atoms with van der Waals surface area (Å²) >= 11 is 5.36. The molecule has 0 saturated heterocycles. The van der Waals surface area contributed by atoms with Crippen molar-refractivity contribution in [2.45, 2.75) is 5.38 Å². The van der Waals surface area contributed by atoms with Gasteiger partial charge in [-0.2, -0.15) is 5.26 Å². The lowest BCUT2D eigenvalue weighted by Gasteiger charge is -1.92. The third-order valence-electron chi connectivity index (χ3n) is 1.47. The van der Waals surface area contributed by atoms with E-state index in [2.05, 4.69) is 4.99 Å². The first-order chi connectivity index (χ1) is 6.74. The van der Waals surface area contributed by atoms with Crippen molar-refractivity contribution >= 4 is 23.7 Å². The maximum Gasteiger partial charge on any atom is 0.278 e. The highest BCUT2D eigenvalue weighted by Crippen LogP contribution is 1.98. The van der Waals surface area contributed by atoms with E-state index < -0.39 is 11.3 Å². The molecule has 0 spiro atoms. The van der Waals surface area contributed by atoms with Crippen molar-refractivity contribution in [3.8, 4) is 6.07 Å². The standard InChI is InChI=1S/C10H7ClN2O/c11-9(6-12)10(14)13-7-8-4-2-1-3-5-8/h1-5,7,9H. The Bertz CT molecular complexity index is 381. The topological polar surface area (TPSA) is 53.2 Å².